The molecule has 22 heavy (non-hydrogen) atoms. The molecule has 1 amide bonds. The normalized spacial score (nSPS) is 23.7. The van der Waals surface area contributed by atoms with Crippen LogP contribution in [0.4, 0.5) is 5.69 Å². The Morgan fingerprint density at radius 2 is 2.00 bits per heavy atom. The summed E-state index contributed by atoms with van der Waals surface area (Å²) in [6.45, 7) is 4.37. The van der Waals surface area contributed by atoms with E-state index in [-0.39, 0.29) is 5.91 Å². The minimum atomic E-state index is 0.110. The third kappa shape index (κ3) is 3.00. The lowest BCUT2D eigenvalue weighted by atomic mass is 10.0. The molecule has 4 heteroatoms. The third-order valence-corrected chi connectivity index (χ3v) is 4.99. The smallest absolute Gasteiger partial charge is 0.241 e. The Morgan fingerprint density at radius 3 is 2.73 bits per heavy atom. The first-order chi connectivity index (χ1) is 10.7. The van der Waals surface area contributed by atoms with Crippen LogP contribution in [0.15, 0.2) is 24.3 Å². The van der Waals surface area contributed by atoms with Crippen molar-refractivity contribution < 1.29 is 4.79 Å². The number of carbonyl (C=O) groups excluding carboxylic acids is 1. The highest BCUT2D eigenvalue weighted by molar-refractivity contribution is 5.96. The second-order valence-corrected chi connectivity index (χ2v) is 6.56. The highest BCUT2D eigenvalue weighted by atomic mass is 16.2. The van der Waals surface area contributed by atoms with E-state index in [9.17, 15) is 10.1 Å². The molecule has 0 N–H and O–H groups in total. The molecular formula is C18H23N3O. The third-order valence-electron chi connectivity index (χ3n) is 4.99. The van der Waals surface area contributed by atoms with Crippen molar-refractivity contribution in [2.24, 2.45) is 5.92 Å². The molecule has 1 atom stereocenters. The Hall–Kier alpha value is -1.86. The van der Waals surface area contributed by atoms with Gasteiger partial charge in [0, 0.05) is 19.1 Å². The lowest BCUT2D eigenvalue weighted by Gasteiger charge is -2.40. The maximum absolute atomic E-state index is 12.6. The van der Waals surface area contributed by atoms with Gasteiger partial charge in [0.15, 0.2) is 0 Å². The summed E-state index contributed by atoms with van der Waals surface area (Å²) < 4.78 is 0. The summed E-state index contributed by atoms with van der Waals surface area (Å²) >= 11 is 0. The molecule has 1 saturated carbocycles. The molecule has 0 radical (unpaired) electrons. The van der Waals surface area contributed by atoms with Crippen LogP contribution in [0.2, 0.25) is 0 Å². The lowest BCUT2D eigenvalue weighted by molar-refractivity contribution is -0.122. The second-order valence-electron chi connectivity index (χ2n) is 6.56. The molecule has 1 aromatic carbocycles. The summed E-state index contributed by atoms with van der Waals surface area (Å²) in [5.41, 5.74) is 1.33. The van der Waals surface area contributed by atoms with Gasteiger partial charge in [-0.1, -0.05) is 25.0 Å². The largest absolute Gasteiger partial charge is 0.308 e. The van der Waals surface area contributed by atoms with E-state index in [1.807, 2.05) is 18.2 Å². The molecule has 1 heterocycles. The Labute approximate surface area is 132 Å². The summed E-state index contributed by atoms with van der Waals surface area (Å²) in [7, 11) is 0. The number of carbonyl (C=O) groups is 1. The fraction of sp³-hybridized carbons (Fsp3) is 0.556. The van der Waals surface area contributed by atoms with E-state index in [1.165, 1.54) is 25.7 Å². The van der Waals surface area contributed by atoms with Crippen LogP contribution < -0.4 is 4.90 Å². The molecular weight excluding hydrogens is 274 g/mol. The molecule has 0 unspecified atom stereocenters. The topological polar surface area (TPSA) is 47.3 Å². The van der Waals surface area contributed by atoms with E-state index < -0.39 is 0 Å². The summed E-state index contributed by atoms with van der Waals surface area (Å²) in [5, 5.41) is 9.24. The highest BCUT2D eigenvalue weighted by Crippen LogP contribution is 2.28. The minimum absolute atomic E-state index is 0.110. The number of para-hydroxylation sites is 1. The maximum atomic E-state index is 12.6. The van der Waals surface area contributed by atoms with Crippen LogP contribution in [0.5, 0.6) is 0 Å². The van der Waals surface area contributed by atoms with E-state index in [0.29, 0.717) is 24.7 Å². The zero-order valence-corrected chi connectivity index (χ0v) is 13.2. The lowest BCUT2D eigenvalue weighted by Crippen LogP contribution is -2.56. The van der Waals surface area contributed by atoms with Gasteiger partial charge in [0.25, 0.3) is 0 Å². The Bertz CT molecular complexity index is 586. The minimum Gasteiger partial charge on any atom is -0.308 e. The monoisotopic (exact) mass is 297 g/mol. The van der Waals surface area contributed by atoms with Crippen molar-refractivity contribution in [1.82, 2.24) is 4.90 Å². The van der Waals surface area contributed by atoms with Crippen LogP contribution in [-0.2, 0) is 4.79 Å². The number of nitrogens with zero attached hydrogens (tertiary/aromatic N) is 3. The fourth-order valence-corrected chi connectivity index (χ4v) is 3.70. The summed E-state index contributed by atoms with van der Waals surface area (Å²) in [5.74, 6) is 0.868. The standard InChI is InChI=1S/C18H23N3O/c1-14-11-21(17-9-5-4-8-16(17)10-19)18(22)13-20(14)12-15-6-2-3-7-15/h4-5,8-9,14-15H,2-3,6-7,11-13H2,1H3/t14-/m1/s1. The summed E-state index contributed by atoms with van der Waals surface area (Å²) in [6.07, 6.45) is 5.28. The van der Waals surface area contributed by atoms with Crippen molar-refractivity contribution in [3.63, 3.8) is 0 Å². The van der Waals surface area contributed by atoms with Crippen molar-refractivity contribution in [2.45, 2.75) is 38.6 Å². The van der Waals surface area contributed by atoms with Crippen molar-refractivity contribution in [3.8, 4) is 6.07 Å². The molecule has 4 nitrogen and oxygen atoms in total. The van der Waals surface area contributed by atoms with Crippen molar-refractivity contribution in [3.05, 3.63) is 29.8 Å². The van der Waals surface area contributed by atoms with E-state index >= 15 is 0 Å². The first-order valence-electron chi connectivity index (χ1n) is 8.22. The van der Waals surface area contributed by atoms with Gasteiger partial charge in [-0.25, -0.2) is 0 Å². The molecule has 0 bridgehead atoms. The van der Waals surface area contributed by atoms with Crippen LogP contribution in [-0.4, -0.2) is 36.5 Å². The number of benzene rings is 1. The number of hydrogen-bond donors (Lipinski definition) is 0. The molecule has 116 valence electrons. The highest BCUT2D eigenvalue weighted by Gasteiger charge is 2.32. The van der Waals surface area contributed by atoms with Gasteiger partial charge in [0.2, 0.25) is 5.91 Å². The second kappa shape index (κ2) is 6.50. The van der Waals surface area contributed by atoms with E-state index in [2.05, 4.69) is 17.9 Å². The number of rotatable bonds is 3. The van der Waals surface area contributed by atoms with Gasteiger partial charge < -0.3 is 4.90 Å². The van der Waals surface area contributed by atoms with Crippen LogP contribution in [0.3, 0.4) is 0 Å². The van der Waals surface area contributed by atoms with Crippen molar-refractivity contribution >= 4 is 11.6 Å². The number of piperazine rings is 1. The van der Waals surface area contributed by atoms with Gasteiger partial charge >= 0.3 is 0 Å². The van der Waals surface area contributed by atoms with Crippen LogP contribution in [0.1, 0.15) is 38.2 Å². The molecule has 2 aliphatic rings. The van der Waals surface area contributed by atoms with Gasteiger partial charge in [0.05, 0.1) is 17.8 Å². The molecule has 2 fully saturated rings. The molecule has 1 saturated heterocycles. The van der Waals surface area contributed by atoms with Gasteiger partial charge in [-0.15, -0.1) is 0 Å². The number of hydrogen-bond acceptors (Lipinski definition) is 3. The first kappa shape index (κ1) is 15.1. The zero-order chi connectivity index (χ0) is 15.5. The van der Waals surface area contributed by atoms with E-state index in [1.54, 1.807) is 11.0 Å². The van der Waals surface area contributed by atoms with Gasteiger partial charge in [-0.2, -0.15) is 5.26 Å². The molecule has 0 aromatic heterocycles. The van der Waals surface area contributed by atoms with E-state index in [0.717, 1.165) is 18.2 Å². The SMILES string of the molecule is C[C@@H]1CN(c2ccccc2C#N)C(=O)CN1CC1CCCC1. The van der Waals surface area contributed by atoms with Gasteiger partial charge in [0.1, 0.15) is 6.07 Å². The van der Waals surface area contributed by atoms with Crippen LogP contribution >= 0.6 is 0 Å². The predicted octanol–water partition coefficient (Wildman–Crippen LogP) is 2.79. The first-order valence-corrected chi connectivity index (χ1v) is 8.22. The van der Waals surface area contributed by atoms with Crippen molar-refractivity contribution in [1.29, 1.82) is 5.26 Å². The molecule has 0 spiro atoms. The average molecular weight is 297 g/mol. The molecule has 1 aliphatic carbocycles. The summed E-state index contributed by atoms with van der Waals surface area (Å²) in [6, 6.07) is 9.90. The summed E-state index contributed by atoms with van der Waals surface area (Å²) in [4.78, 5) is 16.7. The van der Waals surface area contributed by atoms with Crippen LogP contribution in [0.25, 0.3) is 0 Å². The van der Waals surface area contributed by atoms with E-state index in [4.69, 9.17) is 0 Å². The van der Waals surface area contributed by atoms with Crippen LogP contribution in [0, 0.1) is 17.2 Å². The quantitative estimate of drug-likeness (QED) is 0.862. The Kier molecular flexibility index (Phi) is 4.44. The average Bonchev–Trinajstić information content (AvgIpc) is 3.03. The fourth-order valence-electron chi connectivity index (χ4n) is 3.70. The molecule has 1 aliphatic heterocycles. The Morgan fingerprint density at radius 1 is 1.27 bits per heavy atom. The number of amides is 1. The number of anilines is 1. The van der Waals surface area contributed by atoms with Crippen molar-refractivity contribution in [2.75, 3.05) is 24.5 Å². The molecule has 1 aromatic rings. The predicted molar refractivity (Wildman–Crippen MR) is 86.5 cm³/mol. The number of nitriles is 1. The van der Waals surface area contributed by atoms with Gasteiger partial charge in [-0.05, 0) is 37.8 Å². The van der Waals surface area contributed by atoms with Gasteiger partial charge in [-0.3, -0.25) is 9.69 Å². The zero-order valence-electron chi connectivity index (χ0n) is 13.2. The maximum Gasteiger partial charge on any atom is 0.241 e. The Balaban J connectivity index is 1.72. The molecule has 3 rings (SSSR count).